The molecule has 1 aliphatic heterocycles. The molecule has 6 heteroatoms. The van der Waals surface area contributed by atoms with Crippen LogP contribution < -0.4 is 10.6 Å². The molecule has 126 valence electrons. The molecule has 0 aliphatic carbocycles. The maximum absolute atomic E-state index is 5.51. The number of aliphatic imine (C=N–C) groups is 1. The molecule has 0 amide bonds. The molecular weight excluding hydrogens is 397 g/mol. The summed E-state index contributed by atoms with van der Waals surface area (Å²) in [5.41, 5.74) is 0. The molecule has 1 heterocycles. The van der Waals surface area contributed by atoms with Gasteiger partial charge in [-0.2, -0.15) is 11.8 Å². The lowest BCUT2D eigenvalue weighted by atomic mass is 9.99. The third kappa shape index (κ3) is 8.50. The van der Waals surface area contributed by atoms with Crippen molar-refractivity contribution in [1.82, 2.24) is 10.6 Å². The lowest BCUT2D eigenvalue weighted by Gasteiger charge is -2.35. The minimum atomic E-state index is 0. The van der Waals surface area contributed by atoms with Crippen LogP contribution in [0.25, 0.3) is 0 Å². The number of nitrogens with zero attached hydrogens (tertiary/aromatic N) is 1. The molecule has 0 saturated carbocycles. The Labute approximate surface area is 151 Å². The monoisotopic (exact) mass is 429 g/mol. The zero-order chi connectivity index (χ0) is 14.8. The summed E-state index contributed by atoms with van der Waals surface area (Å²) in [5.74, 6) is 2.72. The van der Waals surface area contributed by atoms with Gasteiger partial charge in [0.05, 0.1) is 6.54 Å². The van der Waals surface area contributed by atoms with Crippen molar-refractivity contribution in [2.24, 2.45) is 10.9 Å². The summed E-state index contributed by atoms with van der Waals surface area (Å²) in [6.07, 6.45) is 2.22. The fraction of sp³-hybridized carbons (Fsp3) is 0.933. The Morgan fingerprint density at radius 3 is 2.43 bits per heavy atom. The Morgan fingerprint density at radius 1 is 1.24 bits per heavy atom. The molecule has 1 fully saturated rings. The number of thioether (sulfide) groups is 1. The van der Waals surface area contributed by atoms with E-state index in [4.69, 9.17) is 9.73 Å². The Morgan fingerprint density at radius 2 is 1.90 bits per heavy atom. The van der Waals surface area contributed by atoms with E-state index in [0.717, 1.165) is 57.4 Å². The van der Waals surface area contributed by atoms with Gasteiger partial charge in [-0.25, -0.2) is 0 Å². The number of guanidine groups is 1. The fourth-order valence-electron chi connectivity index (χ4n) is 2.26. The van der Waals surface area contributed by atoms with Crippen molar-refractivity contribution < 1.29 is 4.74 Å². The molecule has 0 atom stereocenters. The summed E-state index contributed by atoms with van der Waals surface area (Å²) in [5, 5.41) is 6.75. The van der Waals surface area contributed by atoms with Gasteiger partial charge in [-0.3, -0.25) is 4.99 Å². The molecule has 0 bridgehead atoms. The van der Waals surface area contributed by atoms with Crippen molar-refractivity contribution in [2.75, 3.05) is 38.6 Å². The zero-order valence-electron chi connectivity index (χ0n) is 13.9. The minimum absolute atomic E-state index is 0. The van der Waals surface area contributed by atoms with Crippen molar-refractivity contribution in [3.8, 4) is 0 Å². The molecular formula is C15H32IN3OS. The van der Waals surface area contributed by atoms with Gasteiger partial charge >= 0.3 is 0 Å². The van der Waals surface area contributed by atoms with Gasteiger partial charge in [0, 0.05) is 31.1 Å². The number of halogens is 1. The van der Waals surface area contributed by atoms with E-state index in [0.29, 0.717) is 5.92 Å². The van der Waals surface area contributed by atoms with E-state index in [1.54, 1.807) is 0 Å². The second-order valence-electron chi connectivity index (χ2n) is 5.70. The van der Waals surface area contributed by atoms with Crippen molar-refractivity contribution >= 4 is 41.7 Å². The van der Waals surface area contributed by atoms with Gasteiger partial charge in [0.1, 0.15) is 0 Å². The van der Waals surface area contributed by atoms with Crippen LogP contribution in [0.4, 0.5) is 0 Å². The summed E-state index contributed by atoms with van der Waals surface area (Å²) in [4.78, 5) is 4.82. The van der Waals surface area contributed by atoms with Gasteiger partial charge in [0.25, 0.3) is 0 Å². The highest BCUT2D eigenvalue weighted by atomic mass is 127. The van der Waals surface area contributed by atoms with E-state index in [1.807, 2.05) is 11.8 Å². The standard InChI is InChI=1S/C15H31N3OS.HI/c1-5-16-14(17-11-13(3)4)18-12-15(20-6-2)7-9-19-10-8-15;/h13H,5-12H2,1-4H3,(H2,16,17,18);1H. The van der Waals surface area contributed by atoms with E-state index in [2.05, 4.69) is 38.3 Å². The van der Waals surface area contributed by atoms with Gasteiger partial charge in [-0.05, 0) is 31.4 Å². The van der Waals surface area contributed by atoms with E-state index >= 15 is 0 Å². The molecule has 0 spiro atoms. The minimum Gasteiger partial charge on any atom is -0.381 e. The fourth-order valence-corrected chi connectivity index (χ4v) is 3.49. The van der Waals surface area contributed by atoms with E-state index < -0.39 is 0 Å². The first-order chi connectivity index (χ1) is 9.62. The van der Waals surface area contributed by atoms with Crippen molar-refractivity contribution in [1.29, 1.82) is 0 Å². The lowest BCUT2D eigenvalue weighted by molar-refractivity contribution is 0.0793. The highest BCUT2D eigenvalue weighted by Gasteiger charge is 2.32. The lowest BCUT2D eigenvalue weighted by Crippen LogP contribution is -2.42. The third-order valence-corrected chi connectivity index (χ3v) is 4.84. The van der Waals surface area contributed by atoms with Gasteiger partial charge < -0.3 is 15.4 Å². The summed E-state index contributed by atoms with van der Waals surface area (Å²) in [6.45, 7) is 13.3. The van der Waals surface area contributed by atoms with Crippen LogP contribution in [0, 0.1) is 5.92 Å². The van der Waals surface area contributed by atoms with E-state index in [-0.39, 0.29) is 28.7 Å². The topological polar surface area (TPSA) is 45.7 Å². The van der Waals surface area contributed by atoms with Gasteiger partial charge in [0.2, 0.25) is 0 Å². The number of ether oxygens (including phenoxy) is 1. The van der Waals surface area contributed by atoms with Crippen molar-refractivity contribution in [2.45, 2.75) is 45.3 Å². The molecule has 1 saturated heterocycles. The van der Waals surface area contributed by atoms with Crippen LogP contribution in [0.3, 0.4) is 0 Å². The predicted molar refractivity (Wildman–Crippen MR) is 105 cm³/mol. The van der Waals surface area contributed by atoms with E-state index in [9.17, 15) is 0 Å². The van der Waals surface area contributed by atoms with Gasteiger partial charge in [0.15, 0.2) is 5.96 Å². The van der Waals surface area contributed by atoms with Crippen LogP contribution >= 0.6 is 35.7 Å². The molecule has 1 aliphatic rings. The second-order valence-corrected chi connectivity index (χ2v) is 7.43. The SMILES string of the molecule is CCNC(=NCC1(SCC)CCOCC1)NCC(C)C.I. The first kappa shape index (κ1) is 21.3. The van der Waals surface area contributed by atoms with Crippen LogP contribution in [0.1, 0.15) is 40.5 Å². The first-order valence-electron chi connectivity index (χ1n) is 7.85. The number of hydrogen-bond acceptors (Lipinski definition) is 3. The molecule has 0 aromatic rings. The van der Waals surface area contributed by atoms with Crippen LogP contribution in [-0.4, -0.2) is 49.3 Å². The molecule has 2 N–H and O–H groups in total. The van der Waals surface area contributed by atoms with Gasteiger partial charge in [-0.15, -0.1) is 24.0 Å². The highest BCUT2D eigenvalue weighted by Crippen LogP contribution is 2.35. The Balaban J connectivity index is 0.00000400. The second kappa shape index (κ2) is 11.8. The molecule has 4 nitrogen and oxygen atoms in total. The largest absolute Gasteiger partial charge is 0.381 e. The zero-order valence-corrected chi connectivity index (χ0v) is 17.1. The maximum Gasteiger partial charge on any atom is 0.191 e. The highest BCUT2D eigenvalue weighted by molar-refractivity contribution is 14.0. The van der Waals surface area contributed by atoms with Crippen molar-refractivity contribution in [3.05, 3.63) is 0 Å². The Kier molecular flexibility index (Phi) is 12.0. The number of nitrogens with one attached hydrogen (secondary N) is 2. The molecule has 0 radical (unpaired) electrons. The third-order valence-electron chi connectivity index (χ3n) is 3.40. The molecule has 0 unspecified atom stereocenters. The molecule has 21 heavy (non-hydrogen) atoms. The average molecular weight is 429 g/mol. The first-order valence-corrected chi connectivity index (χ1v) is 8.84. The number of rotatable bonds is 7. The van der Waals surface area contributed by atoms with Crippen LogP contribution in [0.15, 0.2) is 4.99 Å². The summed E-state index contributed by atoms with van der Waals surface area (Å²) >= 11 is 2.04. The average Bonchev–Trinajstić information content (AvgIpc) is 2.43. The summed E-state index contributed by atoms with van der Waals surface area (Å²) < 4.78 is 5.78. The maximum atomic E-state index is 5.51. The predicted octanol–water partition coefficient (Wildman–Crippen LogP) is 3.12. The number of hydrogen-bond donors (Lipinski definition) is 2. The molecule has 1 rings (SSSR count). The normalized spacial score (nSPS) is 18.2. The molecule has 0 aromatic carbocycles. The van der Waals surface area contributed by atoms with Crippen molar-refractivity contribution in [3.63, 3.8) is 0 Å². The summed E-state index contributed by atoms with van der Waals surface area (Å²) in [6, 6.07) is 0. The quantitative estimate of drug-likeness (QED) is 0.371. The Hall–Kier alpha value is 0.310. The van der Waals surface area contributed by atoms with E-state index in [1.165, 1.54) is 0 Å². The van der Waals surface area contributed by atoms with Crippen LogP contribution in [0.5, 0.6) is 0 Å². The Bertz CT molecular complexity index is 289. The van der Waals surface area contributed by atoms with Crippen LogP contribution in [0.2, 0.25) is 0 Å². The van der Waals surface area contributed by atoms with Crippen LogP contribution in [-0.2, 0) is 4.74 Å². The van der Waals surface area contributed by atoms with Gasteiger partial charge in [-0.1, -0.05) is 20.8 Å². The molecule has 0 aromatic heterocycles. The summed E-state index contributed by atoms with van der Waals surface area (Å²) in [7, 11) is 0. The smallest absolute Gasteiger partial charge is 0.191 e.